The minimum absolute atomic E-state index is 0.300. The Hall–Kier alpha value is -2.59. The third kappa shape index (κ3) is 5.27. The highest BCUT2D eigenvalue weighted by Gasteiger charge is 2.07. The second kappa shape index (κ2) is 8.15. The lowest BCUT2D eigenvalue weighted by molar-refractivity contribution is -0.111. The summed E-state index contributed by atoms with van der Waals surface area (Å²) >= 11 is 5.88. The maximum absolute atomic E-state index is 11.9. The second-order valence-electron chi connectivity index (χ2n) is 4.68. The van der Waals surface area contributed by atoms with E-state index >= 15 is 0 Å². The van der Waals surface area contributed by atoms with E-state index in [0.29, 0.717) is 22.9 Å². The van der Waals surface area contributed by atoms with E-state index in [9.17, 15) is 9.59 Å². The Morgan fingerprint density at radius 3 is 2.70 bits per heavy atom. The number of amides is 1. The molecule has 2 aromatic rings. The van der Waals surface area contributed by atoms with Crippen LogP contribution in [0.1, 0.15) is 22.8 Å². The van der Waals surface area contributed by atoms with Gasteiger partial charge in [-0.05, 0) is 48.9 Å². The van der Waals surface area contributed by atoms with Gasteiger partial charge in [-0.25, -0.2) is 4.79 Å². The van der Waals surface area contributed by atoms with Gasteiger partial charge in [-0.15, -0.1) is 0 Å². The van der Waals surface area contributed by atoms with Crippen LogP contribution in [0.5, 0.6) is 0 Å². The number of halogens is 1. The quantitative estimate of drug-likeness (QED) is 0.661. The van der Waals surface area contributed by atoms with E-state index in [1.54, 1.807) is 49.4 Å². The van der Waals surface area contributed by atoms with E-state index in [0.717, 1.165) is 5.56 Å². The molecule has 0 aliphatic rings. The third-order valence-corrected chi connectivity index (χ3v) is 3.15. The molecule has 23 heavy (non-hydrogen) atoms. The number of benzene rings is 2. The van der Waals surface area contributed by atoms with E-state index in [4.69, 9.17) is 16.3 Å². The number of esters is 1. The van der Waals surface area contributed by atoms with Crippen molar-refractivity contribution in [2.24, 2.45) is 0 Å². The van der Waals surface area contributed by atoms with Crippen molar-refractivity contribution in [3.63, 3.8) is 0 Å². The van der Waals surface area contributed by atoms with Crippen LogP contribution < -0.4 is 5.32 Å². The fourth-order valence-corrected chi connectivity index (χ4v) is 2.10. The largest absolute Gasteiger partial charge is 0.462 e. The maximum Gasteiger partial charge on any atom is 0.338 e. The first kappa shape index (κ1) is 16.8. The lowest BCUT2D eigenvalue weighted by Gasteiger charge is -2.05. The highest BCUT2D eigenvalue weighted by Crippen LogP contribution is 2.13. The van der Waals surface area contributed by atoms with E-state index in [1.807, 2.05) is 12.1 Å². The molecule has 0 atom stereocenters. The zero-order valence-electron chi connectivity index (χ0n) is 12.6. The maximum atomic E-state index is 11.9. The summed E-state index contributed by atoms with van der Waals surface area (Å²) in [4.78, 5) is 23.6. The summed E-state index contributed by atoms with van der Waals surface area (Å²) in [5, 5.41) is 3.30. The monoisotopic (exact) mass is 329 g/mol. The van der Waals surface area contributed by atoms with Crippen LogP contribution in [0.4, 0.5) is 5.69 Å². The highest BCUT2D eigenvalue weighted by molar-refractivity contribution is 6.30. The Labute approximate surface area is 139 Å². The van der Waals surface area contributed by atoms with E-state index < -0.39 is 5.97 Å². The molecule has 0 spiro atoms. The van der Waals surface area contributed by atoms with Crippen LogP contribution in [-0.4, -0.2) is 18.5 Å². The highest BCUT2D eigenvalue weighted by atomic mass is 35.5. The van der Waals surface area contributed by atoms with Crippen LogP contribution in [0.25, 0.3) is 6.08 Å². The van der Waals surface area contributed by atoms with Crippen molar-refractivity contribution in [3.8, 4) is 0 Å². The number of carbonyl (C=O) groups is 2. The summed E-state index contributed by atoms with van der Waals surface area (Å²) in [6.07, 6.45) is 3.07. The Balaban J connectivity index is 2.03. The van der Waals surface area contributed by atoms with Crippen LogP contribution >= 0.6 is 11.6 Å². The lowest BCUT2D eigenvalue weighted by Crippen LogP contribution is -2.09. The summed E-state index contributed by atoms with van der Waals surface area (Å²) in [5.41, 5.74) is 1.74. The lowest BCUT2D eigenvalue weighted by atomic mass is 10.2. The smallest absolute Gasteiger partial charge is 0.338 e. The molecule has 0 saturated heterocycles. The zero-order chi connectivity index (χ0) is 16.7. The molecule has 0 heterocycles. The Morgan fingerprint density at radius 1 is 1.17 bits per heavy atom. The molecule has 1 amide bonds. The van der Waals surface area contributed by atoms with Gasteiger partial charge in [0.05, 0.1) is 12.2 Å². The van der Waals surface area contributed by atoms with Gasteiger partial charge in [0.1, 0.15) is 0 Å². The van der Waals surface area contributed by atoms with Gasteiger partial charge in [0.2, 0.25) is 5.91 Å². The summed E-state index contributed by atoms with van der Waals surface area (Å²) in [6, 6.07) is 13.8. The Bertz CT molecular complexity index is 741. The molecule has 0 fully saturated rings. The van der Waals surface area contributed by atoms with Crippen molar-refractivity contribution in [1.82, 2.24) is 0 Å². The third-order valence-electron chi connectivity index (χ3n) is 2.92. The molecule has 5 heteroatoms. The molecule has 118 valence electrons. The van der Waals surface area contributed by atoms with Gasteiger partial charge < -0.3 is 10.1 Å². The molecule has 0 radical (unpaired) electrons. The molecule has 0 aliphatic heterocycles. The van der Waals surface area contributed by atoms with E-state index in [2.05, 4.69) is 5.32 Å². The topological polar surface area (TPSA) is 55.4 Å². The van der Waals surface area contributed by atoms with Gasteiger partial charge >= 0.3 is 5.97 Å². The van der Waals surface area contributed by atoms with Crippen molar-refractivity contribution in [3.05, 3.63) is 70.8 Å². The van der Waals surface area contributed by atoms with Gasteiger partial charge in [-0.1, -0.05) is 29.8 Å². The van der Waals surface area contributed by atoms with Crippen molar-refractivity contribution < 1.29 is 14.3 Å². The zero-order valence-corrected chi connectivity index (χ0v) is 13.3. The van der Waals surface area contributed by atoms with Crippen molar-refractivity contribution in [2.45, 2.75) is 6.92 Å². The number of rotatable bonds is 5. The van der Waals surface area contributed by atoms with Crippen LogP contribution in [0.15, 0.2) is 54.6 Å². The van der Waals surface area contributed by atoms with Crippen molar-refractivity contribution >= 4 is 35.2 Å². The number of carbonyl (C=O) groups excluding carboxylic acids is 2. The molecule has 0 saturated carbocycles. The van der Waals surface area contributed by atoms with Crippen LogP contribution in [0, 0.1) is 0 Å². The van der Waals surface area contributed by atoms with Gasteiger partial charge in [-0.2, -0.15) is 0 Å². The number of ether oxygens (including phenoxy) is 1. The van der Waals surface area contributed by atoms with Crippen molar-refractivity contribution in [1.29, 1.82) is 0 Å². The molecule has 1 N–H and O–H groups in total. The minimum atomic E-state index is -0.418. The number of nitrogens with one attached hydrogen (secondary N) is 1. The molecular formula is C18H16ClNO3. The second-order valence-corrected chi connectivity index (χ2v) is 5.12. The van der Waals surface area contributed by atoms with Crippen LogP contribution in [0.2, 0.25) is 5.02 Å². The van der Waals surface area contributed by atoms with Crippen molar-refractivity contribution in [2.75, 3.05) is 11.9 Å². The fourth-order valence-electron chi connectivity index (χ4n) is 1.90. The standard InChI is InChI=1S/C18H16ClNO3/c1-2-23-18(22)14-6-4-8-16(12-14)20-17(21)10-9-13-5-3-7-15(19)11-13/h3-12H,2H2,1H3,(H,20,21)/b10-9+. The van der Waals surface area contributed by atoms with Crippen LogP contribution in [0.3, 0.4) is 0 Å². The van der Waals surface area contributed by atoms with E-state index in [-0.39, 0.29) is 5.91 Å². The summed E-state index contributed by atoms with van der Waals surface area (Å²) in [7, 11) is 0. The predicted octanol–water partition coefficient (Wildman–Crippen LogP) is 4.17. The number of anilines is 1. The SMILES string of the molecule is CCOC(=O)c1cccc(NC(=O)/C=C/c2cccc(Cl)c2)c1. The molecule has 4 nitrogen and oxygen atoms in total. The molecule has 2 rings (SSSR count). The van der Waals surface area contributed by atoms with Gasteiger partial charge in [0.25, 0.3) is 0 Å². The minimum Gasteiger partial charge on any atom is -0.462 e. The van der Waals surface area contributed by atoms with Gasteiger partial charge in [-0.3, -0.25) is 4.79 Å². The molecule has 0 aliphatic carbocycles. The molecule has 0 aromatic heterocycles. The van der Waals surface area contributed by atoms with Crippen LogP contribution in [-0.2, 0) is 9.53 Å². The Kier molecular flexibility index (Phi) is 5.94. The number of hydrogen-bond donors (Lipinski definition) is 1. The summed E-state index contributed by atoms with van der Waals surface area (Å²) in [6.45, 7) is 2.04. The molecular weight excluding hydrogens is 314 g/mol. The normalized spacial score (nSPS) is 10.5. The van der Waals surface area contributed by atoms with Gasteiger partial charge in [0, 0.05) is 16.8 Å². The predicted molar refractivity (Wildman–Crippen MR) is 91.5 cm³/mol. The first-order valence-corrected chi connectivity index (χ1v) is 7.48. The van der Waals surface area contributed by atoms with E-state index in [1.165, 1.54) is 6.08 Å². The summed E-state index contributed by atoms with van der Waals surface area (Å²) < 4.78 is 4.93. The average Bonchev–Trinajstić information content (AvgIpc) is 2.53. The fraction of sp³-hybridized carbons (Fsp3) is 0.111. The van der Waals surface area contributed by atoms with Gasteiger partial charge in [0.15, 0.2) is 0 Å². The average molecular weight is 330 g/mol. The molecule has 0 bridgehead atoms. The first-order valence-electron chi connectivity index (χ1n) is 7.10. The Morgan fingerprint density at radius 2 is 1.96 bits per heavy atom. The number of hydrogen-bond acceptors (Lipinski definition) is 3. The first-order chi connectivity index (χ1) is 11.1. The molecule has 2 aromatic carbocycles. The summed E-state index contributed by atoms with van der Waals surface area (Å²) in [5.74, 6) is -0.718. The molecule has 0 unspecified atom stereocenters.